The molecule has 0 radical (unpaired) electrons. The van der Waals surface area contributed by atoms with Gasteiger partial charge in [-0.2, -0.15) is 0 Å². The summed E-state index contributed by atoms with van der Waals surface area (Å²) in [5, 5.41) is 0. The monoisotopic (exact) mass is 396 g/mol. The van der Waals surface area contributed by atoms with Gasteiger partial charge < -0.3 is 4.90 Å². The molecule has 0 spiro atoms. The van der Waals surface area contributed by atoms with Gasteiger partial charge in [0.05, 0.1) is 4.90 Å². The Kier molecular flexibility index (Phi) is 5.43. The van der Waals surface area contributed by atoms with E-state index >= 15 is 0 Å². The molecule has 0 saturated heterocycles. The molecule has 0 unspecified atom stereocenters. The fourth-order valence-corrected chi connectivity index (χ4v) is 3.20. The Morgan fingerprint density at radius 3 is 2.17 bits per heavy atom. The van der Waals surface area contributed by atoms with E-state index in [0.717, 1.165) is 4.47 Å². The van der Waals surface area contributed by atoms with Crippen LogP contribution in [0.4, 0.5) is 5.69 Å². The van der Waals surface area contributed by atoms with Crippen molar-refractivity contribution in [2.75, 3.05) is 18.3 Å². The van der Waals surface area contributed by atoms with E-state index in [1.807, 2.05) is 6.92 Å². The first-order valence-corrected chi connectivity index (χ1v) is 9.25. The van der Waals surface area contributed by atoms with E-state index in [4.69, 9.17) is 0 Å². The Hall–Kier alpha value is -1.86. The fraction of sp³-hybridized carbons (Fsp3) is 0.188. The van der Waals surface area contributed by atoms with Gasteiger partial charge in [-0.25, -0.2) is 8.42 Å². The Morgan fingerprint density at radius 1 is 1.09 bits per heavy atom. The quantitative estimate of drug-likeness (QED) is 0.842. The highest BCUT2D eigenvalue weighted by atomic mass is 79.9. The van der Waals surface area contributed by atoms with Crippen molar-refractivity contribution in [2.24, 2.45) is 0 Å². The number of carbonyl (C=O) groups excluding carboxylic acids is 1. The molecule has 122 valence electrons. The molecule has 2 aromatic rings. The van der Waals surface area contributed by atoms with Crippen molar-refractivity contribution >= 4 is 37.5 Å². The van der Waals surface area contributed by atoms with Gasteiger partial charge in [0.15, 0.2) is 0 Å². The molecule has 0 fully saturated rings. The maximum Gasteiger partial charge on any atom is 0.261 e. The number of hydrogen-bond donors (Lipinski definition) is 1. The summed E-state index contributed by atoms with van der Waals surface area (Å²) >= 11 is 3.27. The molecular weight excluding hydrogens is 380 g/mol. The van der Waals surface area contributed by atoms with E-state index in [1.54, 1.807) is 48.3 Å². The Bertz CT molecular complexity index is 787. The van der Waals surface area contributed by atoms with Crippen LogP contribution in [0.5, 0.6) is 0 Å². The largest absolute Gasteiger partial charge is 0.342 e. The average molecular weight is 397 g/mol. The maximum absolute atomic E-state index is 12.3. The van der Waals surface area contributed by atoms with Crippen LogP contribution in [0, 0.1) is 0 Å². The van der Waals surface area contributed by atoms with Gasteiger partial charge in [-0.3, -0.25) is 9.52 Å². The predicted molar refractivity (Wildman–Crippen MR) is 94.0 cm³/mol. The lowest BCUT2D eigenvalue weighted by molar-refractivity contribution is 0.0802. The number of anilines is 1. The number of carbonyl (C=O) groups is 1. The molecule has 0 aliphatic carbocycles. The van der Waals surface area contributed by atoms with Gasteiger partial charge in [0.25, 0.3) is 15.9 Å². The molecule has 0 saturated carbocycles. The summed E-state index contributed by atoms with van der Waals surface area (Å²) in [6.07, 6.45) is 0. The normalized spacial score (nSPS) is 11.1. The van der Waals surface area contributed by atoms with Gasteiger partial charge in [0.1, 0.15) is 0 Å². The summed E-state index contributed by atoms with van der Waals surface area (Å²) in [6.45, 7) is 2.50. The van der Waals surface area contributed by atoms with E-state index in [9.17, 15) is 13.2 Å². The molecule has 0 bridgehead atoms. The van der Waals surface area contributed by atoms with E-state index in [1.165, 1.54) is 12.1 Å². The molecule has 0 atom stereocenters. The van der Waals surface area contributed by atoms with Crippen LogP contribution < -0.4 is 4.72 Å². The second-order valence-electron chi connectivity index (χ2n) is 4.96. The minimum atomic E-state index is -3.65. The average Bonchev–Trinajstić information content (AvgIpc) is 2.54. The summed E-state index contributed by atoms with van der Waals surface area (Å²) in [5.74, 6) is -0.102. The van der Waals surface area contributed by atoms with E-state index in [2.05, 4.69) is 20.7 Å². The first kappa shape index (κ1) is 17.5. The van der Waals surface area contributed by atoms with E-state index in [-0.39, 0.29) is 10.8 Å². The zero-order chi connectivity index (χ0) is 17.0. The molecule has 0 aromatic heterocycles. The SMILES string of the molecule is CCN(C)C(=O)c1ccc(NS(=O)(=O)c2ccc(Br)cc2)cc1. The third kappa shape index (κ3) is 4.33. The van der Waals surface area contributed by atoms with Crippen molar-refractivity contribution in [3.8, 4) is 0 Å². The molecular formula is C16H17BrN2O3S. The van der Waals surface area contributed by atoms with Gasteiger partial charge >= 0.3 is 0 Å². The zero-order valence-electron chi connectivity index (χ0n) is 12.8. The van der Waals surface area contributed by atoms with Crippen molar-refractivity contribution in [2.45, 2.75) is 11.8 Å². The van der Waals surface area contributed by atoms with Crippen LogP contribution in [-0.2, 0) is 10.0 Å². The second kappa shape index (κ2) is 7.14. The summed E-state index contributed by atoms with van der Waals surface area (Å²) in [7, 11) is -1.94. The first-order valence-electron chi connectivity index (χ1n) is 6.97. The number of nitrogens with zero attached hydrogens (tertiary/aromatic N) is 1. The highest BCUT2D eigenvalue weighted by molar-refractivity contribution is 9.10. The smallest absolute Gasteiger partial charge is 0.261 e. The summed E-state index contributed by atoms with van der Waals surface area (Å²) < 4.78 is 27.9. The summed E-state index contributed by atoms with van der Waals surface area (Å²) in [4.78, 5) is 13.8. The van der Waals surface area contributed by atoms with Crippen LogP contribution in [0.1, 0.15) is 17.3 Å². The van der Waals surface area contributed by atoms with Crippen molar-refractivity contribution in [1.29, 1.82) is 0 Å². The summed E-state index contributed by atoms with van der Waals surface area (Å²) in [6, 6.07) is 12.7. The molecule has 0 aliphatic heterocycles. The van der Waals surface area contributed by atoms with Gasteiger partial charge in [-0.05, 0) is 55.5 Å². The molecule has 1 amide bonds. The Balaban J connectivity index is 2.17. The number of benzene rings is 2. The fourth-order valence-electron chi connectivity index (χ4n) is 1.87. The highest BCUT2D eigenvalue weighted by Gasteiger charge is 2.15. The predicted octanol–water partition coefficient (Wildman–Crippen LogP) is 3.34. The third-order valence-corrected chi connectivity index (χ3v) is 5.25. The number of rotatable bonds is 5. The third-order valence-electron chi connectivity index (χ3n) is 3.33. The number of halogens is 1. The van der Waals surface area contributed by atoms with Gasteiger partial charge in [-0.15, -0.1) is 0 Å². The highest BCUT2D eigenvalue weighted by Crippen LogP contribution is 2.19. The van der Waals surface area contributed by atoms with Crippen molar-refractivity contribution in [3.63, 3.8) is 0 Å². The van der Waals surface area contributed by atoms with Crippen LogP contribution in [-0.4, -0.2) is 32.8 Å². The number of amides is 1. The van der Waals surface area contributed by atoms with Gasteiger partial charge in [-0.1, -0.05) is 15.9 Å². The Morgan fingerprint density at radius 2 is 1.65 bits per heavy atom. The molecule has 0 heterocycles. The van der Waals surface area contributed by atoms with Gasteiger partial charge in [0.2, 0.25) is 0 Å². The second-order valence-corrected chi connectivity index (χ2v) is 7.55. The lowest BCUT2D eigenvalue weighted by Crippen LogP contribution is -2.26. The molecule has 7 heteroatoms. The lowest BCUT2D eigenvalue weighted by atomic mass is 10.2. The molecule has 5 nitrogen and oxygen atoms in total. The lowest BCUT2D eigenvalue weighted by Gasteiger charge is -2.14. The molecule has 1 N–H and O–H groups in total. The van der Waals surface area contributed by atoms with Crippen LogP contribution in [0.3, 0.4) is 0 Å². The van der Waals surface area contributed by atoms with Crippen molar-refractivity contribution in [1.82, 2.24) is 4.90 Å². The molecule has 2 rings (SSSR count). The van der Waals surface area contributed by atoms with Crippen LogP contribution in [0.15, 0.2) is 57.9 Å². The van der Waals surface area contributed by atoms with Crippen LogP contribution in [0.25, 0.3) is 0 Å². The number of hydrogen-bond acceptors (Lipinski definition) is 3. The van der Waals surface area contributed by atoms with Crippen LogP contribution >= 0.6 is 15.9 Å². The van der Waals surface area contributed by atoms with Crippen molar-refractivity contribution < 1.29 is 13.2 Å². The maximum atomic E-state index is 12.3. The van der Waals surface area contributed by atoms with Crippen molar-refractivity contribution in [3.05, 3.63) is 58.6 Å². The molecule has 23 heavy (non-hydrogen) atoms. The topological polar surface area (TPSA) is 66.5 Å². The standard InChI is InChI=1S/C16H17BrN2O3S/c1-3-19(2)16(20)12-4-8-14(9-5-12)18-23(21,22)15-10-6-13(17)7-11-15/h4-11,18H,3H2,1-2H3. The summed E-state index contributed by atoms with van der Waals surface area (Å²) in [5.41, 5.74) is 0.921. The molecule has 2 aromatic carbocycles. The minimum Gasteiger partial charge on any atom is -0.342 e. The first-order chi connectivity index (χ1) is 10.8. The number of nitrogens with one attached hydrogen (secondary N) is 1. The minimum absolute atomic E-state index is 0.102. The van der Waals surface area contributed by atoms with E-state index < -0.39 is 10.0 Å². The van der Waals surface area contributed by atoms with Crippen LogP contribution in [0.2, 0.25) is 0 Å². The van der Waals surface area contributed by atoms with E-state index in [0.29, 0.717) is 17.8 Å². The zero-order valence-corrected chi connectivity index (χ0v) is 15.2. The van der Waals surface area contributed by atoms with Gasteiger partial charge in [0, 0.05) is 29.3 Å². The Labute approximate surface area is 144 Å². The molecule has 0 aliphatic rings. The number of sulfonamides is 1.